The number of nitrogens with zero attached hydrogens (tertiary/aromatic N) is 2. The van der Waals surface area contributed by atoms with Crippen molar-refractivity contribution in [1.82, 2.24) is 9.88 Å². The first-order valence-corrected chi connectivity index (χ1v) is 12.6. The molecule has 2 heterocycles. The van der Waals surface area contributed by atoms with E-state index in [1.165, 1.54) is 0 Å². The zero-order valence-corrected chi connectivity index (χ0v) is 22.4. The standard InChI is InChI=1S/C30H35N3O5/c1-30(2,3)38-29(35)33-15-7-8-21(17-33)24-16-26(32-28(31)25(24)18-34)23-9-5-6-10-27(23)37-19-20-11-13-22(36-4)14-12-20/h5-6,8-14,16,34H,7,15,17-19H2,1-4H3,(H2,31,32). The fourth-order valence-electron chi connectivity index (χ4n) is 4.29. The number of nitrogen functional groups attached to an aromatic ring is 1. The Labute approximate surface area is 223 Å². The first kappa shape index (κ1) is 27.0. The zero-order chi connectivity index (χ0) is 27.3. The minimum atomic E-state index is -0.585. The van der Waals surface area contributed by atoms with Crippen molar-refractivity contribution in [3.8, 4) is 22.8 Å². The van der Waals surface area contributed by atoms with Crippen LogP contribution in [0.15, 0.2) is 60.7 Å². The molecule has 1 aliphatic heterocycles. The van der Waals surface area contributed by atoms with E-state index in [1.54, 1.807) is 12.0 Å². The van der Waals surface area contributed by atoms with E-state index in [4.69, 9.17) is 19.9 Å². The molecule has 8 nitrogen and oxygen atoms in total. The molecule has 0 aliphatic carbocycles. The van der Waals surface area contributed by atoms with Crippen molar-refractivity contribution in [2.45, 2.75) is 46.0 Å². The highest BCUT2D eigenvalue weighted by atomic mass is 16.6. The Bertz CT molecular complexity index is 1310. The second-order valence-electron chi connectivity index (χ2n) is 10.1. The van der Waals surface area contributed by atoms with Gasteiger partial charge in [-0.1, -0.05) is 30.3 Å². The summed E-state index contributed by atoms with van der Waals surface area (Å²) in [5.41, 5.74) is 10.3. The van der Waals surface area contributed by atoms with Crippen LogP contribution in [0.4, 0.5) is 10.6 Å². The maximum atomic E-state index is 12.7. The molecule has 4 rings (SSSR count). The van der Waals surface area contributed by atoms with Gasteiger partial charge >= 0.3 is 6.09 Å². The van der Waals surface area contributed by atoms with Gasteiger partial charge in [-0.3, -0.25) is 0 Å². The number of hydrogen-bond acceptors (Lipinski definition) is 7. The van der Waals surface area contributed by atoms with Crippen LogP contribution >= 0.6 is 0 Å². The molecule has 38 heavy (non-hydrogen) atoms. The summed E-state index contributed by atoms with van der Waals surface area (Å²) in [7, 11) is 1.63. The zero-order valence-electron chi connectivity index (χ0n) is 22.4. The van der Waals surface area contributed by atoms with Crippen LogP contribution in [0.25, 0.3) is 16.8 Å². The molecule has 1 amide bonds. The number of carbonyl (C=O) groups excluding carboxylic acids is 1. The van der Waals surface area contributed by atoms with Crippen molar-refractivity contribution in [1.29, 1.82) is 0 Å². The molecular weight excluding hydrogens is 482 g/mol. The maximum absolute atomic E-state index is 12.7. The van der Waals surface area contributed by atoms with Gasteiger partial charge in [-0.2, -0.15) is 0 Å². The fraction of sp³-hybridized carbons (Fsp3) is 0.333. The molecule has 2 aromatic carbocycles. The fourth-order valence-corrected chi connectivity index (χ4v) is 4.29. The van der Waals surface area contributed by atoms with E-state index in [2.05, 4.69) is 11.1 Å². The summed E-state index contributed by atoms with van der Waals surface area (Å²) in [5, 5.41) is 10.1. The van der Waals surface area contributed by atoms with Crippen LogP contribution in [-0.4, -0.2) is 46.9 Å². The number of aliphatic hydroxyl groups excluding tert-OH is 1. The Morgan fingerprint density at radius 3 is 2.53 bits per heavy atom. The number of methoxy groups -OCH3 is 1. The topological polar surface area (TPSA) is 107 Å². The second-order valence-corrected chi connectivity index (χ2v) is 10.1. The summed E-state index contributed by atoms with van der Waals surface area (Å²) in [6.07, 6.45) is 2.37. The highest BCUT2D eigenvalue weighted by Crippen LogP contribution is 2.35. The van der Waals surface area contributed by atoms with Crippen LogP contribution in [0.2, 0.25) is 0 Å². The number of aliphatic hydroxyl groups is 1. The van der Waals surface area contributed by atoms with Crippen LogP contribution in [0.5, 0.6) is 11.5 Å². The first-order valence-electron chi connectivity index (χ1n) is 12.6. The van der Waals surface area contributed by atoms with Crippen molar-refractivity contribution < 1.29 is 24.1 Å². The van der Waals surface area contributed by atoms with Gasteiger partial charge in [0.05, 0.1) is 19.4 Å². The summed E-state index contributed by atoms with van der Waals surface area (Å²) in [5.74, 6) is 1.68. The number of nitrogens with two attached hydrogens (primary N) is 1. The normalized spacial score (nSPS) is 13.6. The highest BCUT2D eigenvalue weighted by molar-refractivity contribution is 5.81. The van der Waals surface area contributed by atoms with Crippen molar-refractivity contribution >= 4 is 17.5 Å². The minimum Gasteiger partial charge on any atom is -0.497 e. The van der Waals surface area contributed by atoms with Gasteiger partial charge in [0.2, 0.25) is 0 Å². The predicted molar refractivity (Wildman–Crippen MR) is 148 cm³/mol. The summed E-state index contributed by atoms with van der Waals surface area (Å²) >= 11 is 0. The van der Waals surface area contributed by atoms with Crippen molar-refractivity contribution in [2.75, 3.05) is 25.9 Å². The first-order chi connectivity index (χ1) is 18.2. The lowest BCUT2D eigenvalue weighted by Gasteiger charge is -2.31. The Morgan fingerprint density at radius 1 is 1.11 bits per heavy atom. The third-order valence-electron chi connectivity index (χ3n) is 6.18. The SMILES string of the molecule is COc1ccc(COc2ccccc2-c2cc(C3=CCCN(C(=O)OC(C)(C)C)C3)c(CO)c(N)n2)cc1. The number of amides is 1. The largest absolute Gasteiger partial charge is 0.497 e. The van der Waals surface area contributed by atoms with E-state index >= 15 is 0 Å². The number of carbonyl (C=O) groups is 1. The maximum Gasteiger partial charge on any atom is 0.410 e. The van der Waals surface area contributed by atoms with E-state index in [0.29, 0.717) is 43.1 Å². The third-order valence-corrected chi connectivity index (χ3v) is 6.18. The molecule has 1 aliphatic rings. The monoisotopic (exact) mass is 517 g/mol. The van der Waals surface area contributed by atoms with Gasteiger partial charge in [-0.15, -0.1) is 0 Å². The third kappa shape index (κ3) is 6.44. The van der Waals surface area contributed by atoms with Gasteiger partial charge in [0.15, 0.2) is 0 Å². The van der Waals surface area contributed by atoms with Crippen LogP contribution < -0.4 is 15.2 Å². The molecule has 8 heteroatoms. The summed E-state index contributed by atoms with van der Waals surface area (Å²) in [6, 6.07) is 17.2. The van der Waals surface area contributed by atoms with Gasteiger partial charge in [0, 0.05) is 24.2 Å². The number of anilines is 1. The lowest BCUT2D eigenvalue weighted by atomic mass is 9.95. The molecule has 0 bridgehead atoms. The van der Waals surface area contributed by atoms with Crippen molar-refractivity contribution in [2.24, 2.45) is 0 Å². The highest BCUT2D eigenvalue weighted by Gasteiger charge is 2.26. The molecule has 0 atom stereocenters. The van der Waals surface area contributed by atoms with E-state index < -0.39 is 5.60 Å². The van der Waals surface area contributed by atoms with Crippen LogP contribution in [0, 0.1) is 0 Å². The van der Waals surface area contributed by atoms with Gasteiger partial charge in [0.1, 0.15) is 29.5 Å². The molecule has 0 spiro atoms. The molecule has 0 saturated carbocycles. The number of hydrogen-bond donors (Lipinski definition) is 2. The van der Waals surface area contributed by atoms with Crippen molar-refractivity contribution in [3.05, 3.63) is 77.4 Å². The van der Waals surface area contributed by atoms with Gasteiger partial charge in [-0.25, -0.2) is 9.78 Å². The summed E-state index contributed by atoms with van der Waals surface area (Å²) < 4.78 is 17.0. The van der Waals surface area contributed by atoms with Crippen LogP contribution in [-0.2, 0) is 18.0 Å². The molecule has 200 valence electrons. The van der Waals surface area contributed by atoms with Gasteiger partial charge in [-0.05, 0) is 74.2 Å². The molecular formula is C30H35N3O5. The Kier molecular flexibility index (Phi) is 8.22. The Morgan fingerprint density at radius 2 is 1.84 bits per heavy atom. The average molecular weight is 518 g/mol. The molecule has 0 unspecified atom stereocenters. The summed E-state index contributed by atoms with van der Waals surface area (Å²) in [6.45, 7) is 6.54. The number of pyridine rings is 1. The number of para-hydroxylation sites is 1. The van der Waals surface area contributed by atoms with E-state index in [9.17, 15) is 9.90 Å². The minimum absolute atomic E-state index is 0.236. The van der Waals surface area contributed by atoms with Crippen LogP contribution in [0.3, 0.4) is 0 Å². The molecule has 1 aromatic heterocycles. The Balaban J connectivity index is 1.63. The van der Waals surface area contributed by atoms with Gasteiger partial charge in [0.25, 0.3) is 0 Å². The van der Waals surface area contributed by atoms with E-state index in [0.717, 1.165) is 28.0 Å². The van der Waals surface area contributed by atoms with Gasteiger partial charge < -0.3 is 30.0 Å². The van der Waals surface area contributed by atoms with E-state index in [-0.39, 0.29) is 18.5 Å². The Hall–Kier alpha value is -4.04. The number of aromatic nitrogens is 1. The molecule has 0 fully saturated rings. The number of rotatable bonds is 7. The van der Waals surface area contributed by atoms with Crippen LogP contribution in [0.1, 0.15) is 43.9 Å². The summed E-state index contributed by atoms with van der Waals surface area (Å²) in [4.78, 5) is 19.0. The number of ether oxygens (including phenoxy) is 3. The molecule has 3 N–H and O–H groups in total. The molecule has 0 radical (unpaired) electrons. The van der Waals surface area contributed by atoms with E-state index in [1.807, 2.05) is 75.4 Å². The van der Waals surface area contributed by atoms with Crippen molar-refractivity contribution in [3.63, 3.8) is 0 Å². The number of benzene rings is 2. The smallest absolute Gasteiger partial charge is 0.410 e. The second kappa shape index (κ2) is 11.6. The average Bonchev–Trinajstić information content (AvgIpc) is 2.91. The molecule has 0 saturated heterocycles. The molecule has 3 aromatic rings. The quantitative estimate of drug-likeness (QED) is 0.430. The lowest BCUT2D eigenvalue weighted by Crippen LogP contribution is -2.39. The lowest BCUT2D eigenvalue weighted by molar-refractivity contribution is 0.0273. The predicted octanol–water partition coefficient (Wildman–Crippen LogP) is 5.43.